The van der Waals surface area contributed by atoms with E-state index in [1.54, 1.807) is 0 Å². The van der Waals surface area contributed by atoms with E-state index in [0.29, 0.717) is 10.2 Å². The lowest BCUT2D eigenvalue weighted by molar-refractivity contribution is 0.114. The second kappa shape index (κ2) is 5.72. The normalized spacial score (nSPS) is 22.4. The smallest absolute Gasteiger partial charge is 0.192 e. The van der Waals surface area contributed by atoms with Crippen LogP contribution in [0.5, 0.6) is 0 Å². The third-order valence-electron chi connectivity index (χ3n) is 4.37. The first-order chi connectivity index (χ1) is 11.5. The maximum absolute atomic E-state index is 5.60. The molecule has 0 bridgehead atoms. The fourth-order valence-corrected chi connectivity index (χ4v) is 3.91. The molecule has 24 heavy (non-hydrogen) atoms. The van der Waals surface area contributed by atoms with E-state index in [0.717, 1.165) is 11.1 Å². The fraction of sp³-hybridized carbons (Fsp3) is 0.222. The molecule has 2 aliphatic rings. The molecule has 2 atom stereocenters. The van der Waals surface area contributed by atoms with Gasteiger partial charge in [-0.1, -0.05) is 59.7 Å². The van der Waals surface area contributed by atoms with E-state index < -0.39 is 0 Å². The number of nitrogens with zero attached hydrogens (tertiary/aromatic N) is 2. The van der Waals surface area contributed by atoms with E-state index in [-0.39, 0.29) is 12.3 Å². The zero-order chi connectivity index (χ0) is 16.8. The van der Waals surface area contributed by atoms with Crippen molar-refractivity contribution >= 4 is 34.7 Å². The molecule has 2 aromatic carbocycles. The number of hydrazine groups is 1. The summed E-state index contributed by atoms with van der Waals surface area (Å²) in [6.07, 6.45) is -0.153. The van der Waals surface area contributed by atoms with Crippen molar-refractivity contribution in [2.45, 2.75) is 26.2 Å². The third-order valence-corrected chi connectivity index (χ3v) is 4.98. The van der Waals surface area contributed by atoms with Crippen molar-refractivity contribution in [2.75, 3.05) is 0 Å². The van der Waals surface area contributed by atoms with Crippen LogP contribution in [-0.2, 0) is 0 Å². The van der Waals surface area contributed by atoms with Crippen molar-refractivity contribution in [3.8, 4) is 0 Å². The van der Waals surface area contributed by atoms with Gasteiger partial charge >= 0.3 is 0 Å². The van der Waals surface area contributed by atoms with Crippen LogP contribution >= 0.6 is 24.4 Å². The van der Waals surface area contributed by atoms with Gasteiger partial charge in [-0.3, -0.25) is 0 Å². The molecule has 2 saturated heterocycles. The van der Waals surface area contributed by atoms with Crippen molar-refractivity contribution < 1.29 is 0 Å². The molecule has 0 saturated carbocycles. The van der Waals surface area contributed by atoms with E-state index in [1.165, 1.54) is 11.1 Å². The Morgan fingerprint density at radius 3 is 1.54 bits per heavy atom. The minimum absolute atomic E-state index is 0.0767. The summed E-state index contributed by atoms with van der Waals surface area (Å²) in [5.74, 6) is 0. The first-order valence-electron chi connectivity index (χ1n) is 7.87. The number of rotatable bonds is 2. The van der Waals surface area contributed by atoms with E-state index in [1.807, 2.05) is 10.0 Å². The van der Waals surface area contributed by atoms with Gasteiger partial charge in [0.25, 0.3) is 0 Å². The zero-order valence-electron chi connectivity index (χ0n) is 13.5. The molecule has 0 spiro atoms. The molecule has 2 aromatic rings. The summed E-state index contributed by atoms with van der Waals surface area (Å²) in [6.45, 7) is 4.18. The second-order valence-corrected chi connectivity index (χ2v) is 6.99. The van der Waals surface area contributed by atoms with Crippen LogP contribution in [0.3, 0.4) is 0 Å². The van der Waals surface area contributed by atoms with Gasteiger partial charge in [-0.25, -0.2) is 10.0 Å². The largest absolute Gasteiger partial charge is 0.336 e. The van der Waals surface area contributed by atoms with Gasteiger partial charge < -0.3 is 10.6 Å². The molecular formula is C18H18N4S2. The predicted octanol–water partition coefficient (Wildman–Crippen LogP) is 3.30. The van der Waals surface area contributed by atoms with E-state index in [9.17, 15) is 0 Å². The quantitative estimate of drug-likeness (QED) is 0.805. The predicted molar refractivity (Wildman–Crippen MR) is 103 cm³/mol. The van der Waals surface area contributed by atoms with E-state index in [2.05, 4.69) is 73.0 Å². The molecule has 2 fully saturated rings. The minimum atomic E-state index is -0.0767. The maximum atomic E-state index is 5.60. The summed E-state index contributed by atoms with van der Waals surface area (Å²) in [5.41, 5.74) is 4.72. The average molecular weight is 355 g/mol. The Bertz CT molecular complexity index is 766. The highest BCUT2D eigenvalue weighted by Gasteiger charge is 2.47. The molecule has 0 aliphatic carbocycles. The second-order valence-electron chi connectivity index (χ2n) is 6.22. The summed E-state index contributed by atoms with van der Waals surface area (Å²) in [4.78, 5) is 0. The monoisotopic (exact) mass is 354 g/mol. The molecule has 0 radical (unpaired) electrons. The van der Waals surface area contributed by atoms with Crippen LogP contribution in [0.2, 0.25) is 0 Å². The van der Waals surface area contributed by atoms with Gasteiger partial charge in [0.1, 0.15) is 12.3 Å². The molecule has 122 valence electrons. The van der Waals surface area contributed by atoms with Crippen molar-refractivity contribution in [1.82, 2.24) is 20.7 Å². The van der Waals surface area contributed by atoms with Crippen molar-refractivity contribution in [3.63, 3.8) is 0 Å². The maximum Gasteiger partial charge on any atom is 0.192 e. The molecule has 6 heteroatoms. The Hall–Kier alpha value is -2.18. The fourth-order valence-electron chi connectivity index (χ4n) is 3.30. The van der Waals surface area contributed by atoms with Crippen LogP contribution in [0.25, 0.3) is 0 Å². The highest BCUT2D eigenvalue weighted by molar-refractivity contribution is 7.80. The number of thiocarbonyl (C=S) groups is 2. The van der Waals surface area contributed by atoms with Crippen LogP contribution in [0, 0.1) is 13.8 Å². The van der Waals surface area contributed by atoms with Gasteiger partial charge in [-0.05, 0) is 49.4 Å². The van der Waals surface area contributed by atoms with Gasteiger partial charge in [-0.2, -0.15) is 0 Å². The highest BCUT2D eigenvalue weighted by atomic mass is 32.1. The lowest BCUT2D eigenvalue weighted by Gasteiger charge is -2.27. The third kappa shape index (κ3) is 2.42. The summed E-state index contributed by atoms with van der Waals surface area (Å²) < 4.78 is 0. The van der Waals surface area contributed by atoms with Gasteiger partial charge in [0.15, 0.2) is 10.2 Å². The Kier molecular flexibility index (Phi) is 3.66. The Morgan fingerprint density at radius 1 is 0.750 bits per heavy atom. The standard InChI is InChI=1S/C18H18N4S2/c1-11-5-3-7-13(9-11)15-19-17(23)22-16(20-18(24)21(15)22)14-8-4-6-12(2)10-14/h3-10,15-16H,1-2H3,(H,19,23)(H,20,24)/t15-,16+. The van der Waals surface area contributed by atoms with E-state index >= 15 is 0 Å². The molecule has 2 heterocycles. The highest BCUT2D eigenvalue weighted by Crippen LogP contribution is 2.36. The van der Waals surface area contributed by atoms with Crippen molar-refractivity contribution in [3.05, 3.63) is 70.8 Å². The topological polar surface area (TPSA) is 30.5 Å². The molecule has 4 nitrogen and oxygen atoms in total. The molecule has 4 rings (SSSR count). The summed E-state index contributed by atoms with van der Waals surface area (Å²) in [5, 5.41) is 12.2. The molecule has 0 aromatic heterocycles. The van der Waals surface area contributed by atoms with Crippen LogP contribution < -0.4 is 10.6 Å². The Balaban J connectivity index is 1.72. The van der Waals surface area contributed by atoms with Gasteiger partial charge in [0.2, 0.25) is 0 Å². The zero-order valence-corrected chi connectivity index (χ0v) is 15.1. The number of fused-ring (bicyclic) bond motifs is 1. The summed E-state index contributed by atoms with van der Waals surface area (Å²) in [6, 6.07) is 16.8. The Labute approximate surface area is 152 Å². The van der Waals surface area contributed by atoms with Gasteiger partial charge in [0.05, 0.1) is 0 Å². The van der Waals surface area contributed by atoms with Crippen LogP contribution in [0.1, 0.15) is 34.6 Å². The van der Waals surface area contributed by atoms with Gasteiger partial charge in [-0.15, -0.1) is 0 Å². The number of hydrogen-bond acceptors (Lipinski definition) is 2. The lowest BCUT2D eigenvalue weighted by atomic mass is 10.1. The SMILES string of the molecule is Cc1cccc([C@H]2NC(=S)N3[C@H](c4cccc(C)c4)NC(=S)N23)c1. The molecule has 2 aliphatic heterocycles. The first kappa shape index (κ1) is 15.4. The molecule has 0 amide bonds. The van der Waals surface area contributed by atoms with Crippen LogP contribution in [0.15, 0.2) is 48.5 Å². The number of benzene rings is 2. The Morgan fingerprint density at radius 2 is 1.17 bits per heavy atom. The van der Waals surface area contributed by atoms with Gasteiger partial charge in [0, 0.05) is 0 Å². The van der Waals surface area contributed by atoms with Crippen LogP contribution in [-0.4, -0.2) is 20.2 Å². The summed E-state index contributed by atoms with van der Waals surface area (Å²) in [7, 11) is 0. The molecule has 0 unspecified atom stereocenters. The number of aryl methyl sites for hydroxylation is 2. The average Bonchev–Trinajstić information content (AvgIpc) is 3.07. The number of hydrogen-bond donors (Lipinski definition) is 2. The van der Waals surface area contributed by atoms with Crippen LogP contribution in [0.4, 0.5) is 0 Å². The molecular weight excluding hydrogens is 336 g/mol. The van der Waals surface area contributed by atoms with Crippen molar-refractivity contribution in [2.24, 2.45) is 0 Å². The number of nitrogens with one attached hydrogen (secondary N) is 2. The van der Waals surface area contributed by atoms with E-state index in [4.69, 9.17) is 24.4 Å². The summed E-state index contributed by atoms with van der Waals surface area (Å²) >= 11 is 11.2. The molecule has 2 N–H and O–H groups in total. The minimum Gasteiger partial charge on any atom is -0.336 e. The van der Waals surface area contributed by atoms with Crippen molar-refractivity contribution in [1.29, 1.82) is 0 Å². The first-order valence-corrected chi connectivity index (χ1v) is 8.69. The lowest BCUT2D eigenvalue weighted by Crippen LogP contribution is -2.36.